The van der Waals surface area contributed by atoms with Crippen molar-refractivity contribution in [2.24, 2.45) is 0 Å². The van der Waals surface area contributed by atoms with Crippen molar-refractivity contribution in [1.82, 2.24) is 0 Å². The summed E-state index contributed by atoms with van der Waals surface area (Å²) in [7, 11) is 0. The Morgan fingerprint density at radius 1 is 1.05 bits per heavy atom. The van der Waals surface area contributed by atoms with Crippen LogP contribution in [0.5, 0.6) is 0 Å². The molecule has 2 atom stereocenters. The van der Waals surface area contributed by atoms with Crippen LogP contribution in [0.3, 0.4) is 0 Å². The molecule has 112 valence electrons. The number of aryl methyl sites for hydroxylation is 1. The van der Waals surface area contributed by atoms with E-state index in [1.54, 1.807) is 6.07 Å². The Bertz CT molecular complexity index is 610. The van der Waals surface area contributed by atoms with Crippen molar-refractivity contribution in [1.29, 1.82) is 0 Å². The monoisotopic (exact) mass is 291 g/mol. The molecule has 2 rings (SSSR count). The third kappa shape index (κ3) is 2.89. The number of amides is 1. The van der Waals surface area contributed by atoms with Crippen molar-refractivity contribution in [2.75, 3.05) is 4.90 Å². The molecule has 0 N–H and O–H groups in total. The Morgan fingerprint density at radius 2 is 1.67 bits per heavy atom. The highest BCUT2D eigenvalue weighted by Crippen LogP contribution is 2.42. The molecule has 1 amide bonds. The summed E-state index contributed by atoms with van der Waals surface area (Å²) in [6.45, 7) is 5.78. The summed E-state index contributed by atoms with van der Waals surface area (Å²) in [4.78, 5) is 35.9. The first-order chi connectivity index (χ1) is 9.81. The lowest BCUT2D eigenvalue weighted by Crippen LogP contribution is -2.41. The van der Waals surface area contributed by atoms with Crippen LogP contribution in [-0.2, 0) is 23.9 Å². The smallest absolute Gasteiger partial charge is 0.304 e. The highest BCUT2D eigenvalue weighted by molar-refractivity contribution is 5.95. The maximum Gasteiger partial charge on any atom is 0.304 e. The predicted molar refractivity (Wildman–Crippen MR) is 74.4 cm³/mol. The molecule has 1 aromatic rings. The topological polar surface area (TPSA) is 72.9 Å². The Balaban J connectivity index is 2.53. The molecule has 0 spiro atoms. The van der Waals surface area contributed by atoms with Crippen molar-refractivity contribution >= 4 is 23.5 Å². The van der Waals surface area contributed by atoms with Crippen LogP contribution in [0.25, 0.3) is 0 Å². The van der Waals surface area contributed by atoms with Gasteiger partial charge in [0.2, 0.25) is 12.1 Å². The fourth-order valence-electron chi connectivity index (χ4n) is 2.48. The second-order valence-corrected chi connectivity index (χ2v) is 4.98. The summed E-state index contributed by atoms with van der Waals surface area (Å²) >= 11 is 0. The first kappa shape index (κ1) is 15.0. The van der Waals surface area contributed by atoms with Crippen molar-refractivity contribution in [3.63, 3.8) is 0 Å². The Kier molecular flexibility index (Phi) is 3.97. The molecule has 0 unspecified atom stereocenters. The molecule has 21 heavy (non-hydrogen) atoms. The van der Waals surface area contributed by atoms with Crippen LogP contribution < -0.4 is 4.90 Å². The molecule has 0 aromatic heterocycles. The highest BCUT2D eigenvalue weighted by atomic mass is 16.6. The van der Waals surface area contributed by atoms with Gasteiger partial charge in [-0.2, -0.15) is 0 Å². The van der Waals surface area contributed by atoms with Crippen molar-refractivity contribution in [3.8, 4) is 0 Å². The molecular formula is C15H17NO5. The summed E-state index contributed by atoms with van der Waals surface area (Å²) in [5.41, 5.74) is 2.20. The number of rotatable bonds is 2. The van der Waals surface area contributed by atoms with E-state index in [1.807, 2.05) is 19.1 Å². The summed E-state index contributed by atoms with van der Waals surface area (Å²) in [6, 6.07) is 5.42. The molecule has 0 bridgehead atoms. The minimum Gasteiger partial charge on any atom is -0.451 e. The minimum atomic E-state index is -0.972. The quantitative estimate of drug-likeness (QED) is 0.778. The van der Waals surface area contributed by atoms with E-state index in [1.165, 1.54) is 25.7 Å². The number of nitrogens with zero attached hydrogens (tertiary/aromatic N) is 1. The average molecular weight is 291 g/mol. The number of hydrogen-bond acceptors (Lipinski definition) is 5. The number of anilines is 1. The third-order valence-corrected chi connectivity index (χ3v) is 3.18. The van der Waals surface area contributed by atoms with E-state index >= 15 is 0 Å². The van der Waals surface area contributed by atoms with E-state index in [0.717, 1.165) is 5.56 Å². The van der Waals surface area contributed by atoms with Gasteiger partial charge in [0.1, 0.15) is 0 Å². The zero-order valence-corrected chi connectivity index (χ0v) is 12.4. The molecule has 6 nitrogen and oxygen atoms in total. The van der Waals surface area contributed by atoms with E-state index in [2.05, 4.69) is 0 Å². The fraction of sp³-hybridized carbons (Fsp3) is 0.400. The zero-order valence-electron chi connectivity index (χ0n) is 12.4. The molecule has 1 heterocycles. The number of esters is 2. The van der Waals surface area contributed by atoms with Gasteiger partial charge in [-0.15, -0.1) is 0 Å². The number of hydrogen-bond donors (Lipinski definition) is 0. The molecule has 0 radical (unpaired) electrons. The Labute approximate surface area is 122 Å². The number of benzene rings is 1. The second-order valence-electron chi connectivity index (χ2n) is 4.98. The predicted octanol–water partition coefficient (Wildman–Crippen LogP) is 1.85. The van der Waals surface area contributed by atoms with Crippen LogP contribution in [0, 0.1) is 6.92 Å². The lowest BCUT2D eigenvalue weighted by Gasteiger charge is -2.26. The van der Waals surface area contributed by atoms with E-state index in [-0.39, 0.29) is 5.91 Å². The number of carbonyl (C=O) groups excluding carboxylic acids is 3. The molecule has 1 aliphatic heterocycles. The third-order valence-electron chi connectivity index (χ3n) is 3.18. The molecular weight excluding hydrogens is 274 g/mol. The van der Waals surface area contributed by atoms with Gasteiger partial charge >= 0.3 is 11.9 Å². The number of ether oxygens (including phenoxy) is 2. The van der Waals surface area contributed by atoms with E-state index in [9.17, 15) is 14.4 Å². The fourth-order valence-corrected chi connectivity index (χ4v) is 2.48. The first-order valence-corrected chi connectivity index (χ1v) is 6.56. The van der Waals surface area contributed by atoms with Crippen molar-refractivity contribution in [2.45, 2.75) is 40.0 Å². The van der Waals surface area contributed by atoms with Crippen LogP contribution in [0.15, 0.2) is 18.2 Å². The van der Waals surface area contributed by atoms with Gasteiger partial charge in [-0.25, -0.2) is 0 Å². The molecule has 6 heteroatoms. The van der Waals surface area contributed by atoms with Gasteiger partial charge in [0.05, 0.1) is 5.69 Å². The lowest BCUT2D eigenvalue weighted by atomic mass is 10.1. The van der Waals surface area contributed by atoms with E-state index < -0.39 is 24.3 Å². The molecule has 0 fully saturated rings. The minimum absolute atomic E-state index is 0.291. The second kappa shape index (κ2) is 5.55. The average Bonchev–Trinajstić information content (AvgIpc) is 2.62. The summed E-state index contributed by atoms with van der Waals surface area (Å²) in [6.07, 6.45) is -1.79. The lowest BCUT2D eigenvalue weighted by molar-refractivity contribution is -0.165. The summed E-state index contributed by atoms with van der Waals surface area (Å²) < 4.78 is 10.5. The van der Waals surface area contributed by atoms with Crippen LogP contribution in [0.2, 0.25) is 0 Å². The molecule has 0 saturated carbocycles. The Hall–Kier alpha value is -2.37. The first-order valence-electron chi connectivity index (χ1n) is 6.56. The normalized spacial score (nSPS) is 19.9. The van der Waals surface area contributed by atoms with Crippen LogP contribution >= 0.6 is 0 Å². The van der Waals surface area contributed by atoms with Gasteiger partial charge in [0, 0.05) is 26.3 Å². The molecule has 1 aromatic carbocycles. The standard InChI is InChI=1S/C15H17NO5/c1-8-5-6-13-12(7-8)14(20-10(3)18)15(21-11(4)19)16(13)9(2)17/h5-7,14-15H,1-4H3/t14-,15+/m1/s1. The maximum atomic E-state index is 11.9. The number of carbonyl (C=O) groups is 3. The van der Waals surface area contributed by atoms with Crippen molar-refractivity contribution in [3.05, 3.63) is 29.3 Å². The van der Waals surface area contributed by atoms with Crippen LogP contribution in [0.4, 0.5) is 5.69 Å². The van der Waals surface area contributed by atoms with Gasteiger partial charge in [-0.05, 0) is 13.0 Å². The highest BCUT2D eigenvalue weighted by Gasteiger charge is 2.45. The summed E-state index contributed by atoms with van der Waals surface area (Å²) in [5.74, 6) is -1.34. The molecule has 0 saturated heterocycles. The van der Waals surface area contributed by atoms with Gasteiger partial charge in [0.25, 0.3) is 0 Å². The zero-order chi connectivity index (χ0) is 15.7. The largest absolute Gasteiger partial charge is 0.451 e. The van der Waals surface area contributed by atoms with Gasteiger partial charge in [-0.3, -0.25) is 19.3 Å². The Morgan fingerprint density at radius 3 is 2.19 bits per heavy atom. The van der Waals surface area contributed by atoms with Crippen LogP contribution in [-0.4, -0.2) is 24.1 Å². The van der Waals surface area contributed by atoms with Crippen LogP contribution in [0.1, 0.15) is 38.0 Å². The SMILES string of the molecule is CC(=O)O[C@@H]1c2cc(C)ccc2N(C(C)=O)[C@H]1OC(C)=O. The van der Waals surface area contributed by atoms with E-state index in [0.29, 0.717) is 11.3 Å². The molecule has 1 aliphatic rings. The number of fused-ring (bicyclic) bond motifs is 1. The van der Waals surface area contributed by atoms with Gasteiger partial charge in [0.15, 0.2) is 6.10 Å². The summed E-state index contributed by atoms with van der Waals surface area (Å²) in [5, 5.41) is 0. The molecule has 0 aliphatic carbocycles. The van der Waals surface area contributed by atoms with Crippen molar-refractivity contribution < 1.29 is 23.9 Å². The van der Waals surface area contributed by atoms with Gasteiger partial charge in [-0.1, -0.05) is 17.7 Å². The van der Waals surface area contributed by atoms with E-state index in [4.69, 9.17) is 9.47 Å². The van der Waals surface area contributed by atoms with Gasteiger partial charge < -0.3 is 9.47 Å². The maximum absolute atomic E-state index is 11.9.